The van der Waals surface area contributed by atoms with Gasteiger partial charge < -0.3 is 10.4 Å². The third kappa shape index (κ3) is 2.46. The van der Waals surface area contributed by atoms with Crippen LogP contribution in [0.15, 0.2) is 0 Å². The average Bonchev–Trinajstić information content (AvgIpc) is 1.94. The minimum Gasteiger partial charge on any atom is -0.393 e. The van der Waals surface area contributed by atoms with Crippen molar-refractivity contribution in [2.75, 3.05) is 6.54 Å². The van der Waals surface area contributed by atoms with Crippen LogP contribution in [0.3, 0.4) is 0 Å². The molecule has 2 N–H and O–H groups in total. The van der Waals surface area contributed by atoms with Crippen molar-refractivity contribution in [3.05, 3.63) is 0 Å². The summed E-state index contributed by atoms with van der Waals surface area (Å²) in [7, 11) is 0. The highest BCUT2D eigenvalue weighted by atomic mass is 16.3. The van der Waals surface area contributed by atoms with Gasteiger partial charge >= 0.3 is 0 Å². The SMILES string of the molecule is CCC1(NCCC(C)O)CCC1. The van der Waals surface area contributed by atoms with E-state index in [2.05, 4.69) is 12.2 Å². The molecule has 72 valence electrons. The number of aliphatic hydroxyl groups is 1. The van der Waals surface area contributed by atoms with Crippen molar-refractivity contribution in [3.63, 3.8) is 0 Å². The highest BCUT2D eigenvalue weighted by Gasteiger charge is 2.33. The van der Waals surface area contributed by atoms with Gasteiger partial charge in [0.1, 0.15) is 0 Å². The molecule has 0 spiro atoms. The highest BCUT2D eigenvalue weighted by molar-refractivity contribution is 4.94. The molecule has 1 atom stereocenters. The summed E-state index contributed by atoms with van der Waals surface area (Å²) in [4.78, 5) is 0. The molecule has 0 aliphatic heterocycles. The molecule has 0 saturated heterocycles. The van der Waals surface area contributed by atoms with E-state index in [1.165, 1.54) is 25.7 Å². The molecular formula is C10H21NO. The standard InChI is InChI=1S/C10H21NO/c1-3-10(6-4-7-10)11-8-5-9(2)12/h9,11-12H,3-8H2,1-2H3. The van der Waals surface area contributed by atoms with Gasteiger partial charge in [0.05, 0.1) is 6.10 Å². The second-order valence-electron chi connectivity index (χ2n) is 4.05. The molecule has 0 amide bonds. The molecule has 2 nitrogen and oxygen atoms in total. The first-order valence-electron chi connectivity index (χ1n) is 5.12. The van der Waals surface area contributed by atoms with Crippen molar-refractivity contribution >= 4 is 0 Å². The Hall–Kier alpha value is -0.0800. The van der Waals surface area contributed by atoms with E-state index in [4.69, 9.17) is 5.11 Å². The Labute approximate surface area is 75.4 Å². The summed E-state index contributed by atoms with van der Waals surface area (Å²) >= 11 is 0. The van der Waals surface area contributed by atoms with Crippen LogP contribution in [0.25, 0.3) is 0 Å². The van der Waals surface area contributed by atoms with Gasteiger partial charge in [-0.15, -0.1) is 0 Å². The van der Waals surface area contributed by atoms with Crippen molar-refractivity contribution in [1.29, 1.82) is 0 Å². The molecule has 1 unspecified atom stereocenters. The van der Waals surface area contributed by atoms with Gasteiger partial charge in [-0.2, -0.15) is 0 Å². The molecule has 1 rings (SSSR count). The van der Waals surface area contributed by atoms with E-state index in [1.807, 2.05) is 6.92 Å². The summed E-state index contributed by atoms with van der Waals surface area (Å²) in [6.07, 6.45) is 5.96. The predicted octanol–water partition coefficient (Wildman–Crippen LogP) is 1.68. The van der Waals surface area contributed by atoms with Crippen LogP contribution in [-0.2, 0) is 0 Å². The van der Waals surface area contributed by atoms with Gasteiger partial charge in [-0.3, -0.25) is 0 Å². The van der Waals surface area contributed by atoms with Crippen LogP contribution in [0.1, 0.15) is 46.0 Å². The zero-order valence-electron chi connectivity index (χ0n) is 8.27. The Balaban J connectivity index is 2.12. The number of hydrogen-bond donors (Lipinski definition) is 2. The molecule has 0 heterocycles. The monoisotopic (exact) mass is 171 g/mol. The van der Waals surface area contributed by atoms with Crippen LogP contribution in [0, 0.1) is 0 Å². The molecule has 1 aliphatic carbocycles. The Morgan fingerprint density at radius 2 is 2.17 bits per heavy atom. The second kappa shape index (κ2) is 4.24. The normalized spacial score (nSPS) is 23.2. The zero-order chi connectivity index (χ0) is 9.03. The maximum absolute atomic E-state index is 9.07. The molecular weight excluding hydrogens is 150 g/mol. The Bertz CT molecular complexity index is 124. The highest BCUT2D eigenvalue weighted by Crippen LogP contribution is 2.34. The fourth-order valence-corrected chi connectivity index (χ4v) is 1.81. The number of rotatable bonds is 5. The van der Waals surface area contributed by atoms with Gasteiger partial charge in [0.15, 0.2) is 0 Å². The summed E-state index contributed by atoms with van der Waals surface area (Å²) in [5, 5.41) is 12.6. The first-order chi connectivity index (χ1) is 5.68. The van der Waals surface area contributed by atoms with E-state index >= 15 is 0 Å². The summed E-state index contributed by atoms with van der Waals surface area (Å²) in [6.45, 7) is 5.06. The molecule has 1 fully saturated rings. The number of hydrogen-bond acceptors (Lipinski definition) is 2. The van der Waals surface area contributed by atoms with E-state index in [-0.39, 0.29) is 6.10 Å². The first-order valence-corrected chi connectivity index (χ1v) is 5.12. The molecule has 0 aromatic heterocycles. The lowest BCUT2D eigenvalue weighted by molar-refractivity contribution is 0.148. The predicted molar refractivity (Wildman–Crippen MR) is 51.2 cm³/mol. The van der Waals surface area contributed by atoms with Crippen LogP contribution < -0.4 is 5.32 Å². The smallest absolute Gasteiger partial charge is 0.0524 e. The van der Waals surface area contributed by atoms with Gasteiger partial charge in [-0.05, 0) is 45.6 Å². The fraction of sp³-hybridized carbons (Fsp3) is 1.00. The summed E-state index contributed by atoms with van der Waals surface area (Å²) in [5.74, 6) is 0. The maximum atomic E-state index is 9.07. The topological polar surface area (TPSA) is 32.3 Å². The van der Waals surface area contributed by atoms with Crippen LogP contribution in [0.4, 0.5) is 0 Å². The van der Waals surface area contributed by atoms with Crippen LogP contribution in [-0.4, -0.2) is 23.3 Å². The summed E-state index contributed by atoms with van der Waals surface area (Å²) in [5.41, 5.74) is 0.439. The molecule has 0 aromatic carbocycles. The van der Waals surface area contributed by atoms with Crippen molar-refractivity contribution in [2.45, 2.75) is 57.6 Å². The van der Waals surface area contributed by atoms with Crippen molar-refractivity contribution < 1.29 is 5.11 Å². The Kier molecular flexibility index (Phi) is 3.53. The van der Waals surface area contributed by atoms with Crippen LogP contribution >= 0.6 is 0 Å². The van der Waals surface area contributed by atoms with Gasteiger partial charge in [0.25, 0.3) is 0 Å². The molecule has 1 aliphatic rings. The zero-order valence-corrected chi connectivity index (χ0v) is 8.27. The Morgan fingerprint density at radius 3 is 2.50 bits per heavy atom. The van der Waals surface area contributed by atoms with E-state index in [0.717, 1.165) is 13.0 Å². The minimum absolute atomic E-state index is 0.161. The van der Waals surface area contributed by atoms with Crippen LogP contribution in [0.2, 0.25) is 0 Å². The Morgan fingerprint density at radius 1 is 1.50 bits per heavy atom. The molecule has 0 radical (unpaired) electrons. The maximum Gasteiger partial charge on any atom is 0.0524 e. The lowest BCUT2D eigenvalue weighted by atomic mass is 9.75. The molecule has 1 saturated carbocycles. The lowest BCUT2D eigenvalue weighted by Crippen LogP contribution is -2.51. The van der Waals surface area contributed by atoms with E-state index in [1.54, 1.807) is 0 Å². The first kappa shape index (κ1) is 10.0. The lowest BCUT2D eigenvalue weighted by Gasteiger charge is -2.42. The van der Waals surface area contributed by atoms with Crippen molar-refractivity contribution in [1.82, 2.24) is 5.32 Å². The van der Waals surface area contributed by atoms with E-state index in [0.29, 0.717) is 5.54 Å². The minimum atomic E-state index is -0.161. The largest absolute Gasteiger partial charge is 0.393 e. The van der Waals surface area contributed by atoms with E-state index in [9.17, 15) is 0 Å². The fourth-order valence-electron chi connectivity index (χ4n) is 1.81. The van der Waals surface area contributed by atoms with Gasteiger partial charge in [0.2, 0.25) is 0 Å². The third-order valence-corrected chi connectivity index (χ3v) is 3.05. The summed E-state index contributed by atoms with van der Waals surface area (Å²) in [6, 6.07) is 0. The van der Waals surface area contributed by atoms with Crippen molar-refractivity contribution in [2.24, 2.45) is 0 Å². The van der Waals surface area contributed by atoms with Gasteiger partial charge in [-0.25, -0.2) is 0 Å². The molecule has 2 heteroatoms. The molecule has 0 aromatic rings. The summed E-state index contributed by atoms with van der Waals surface area (Å²) < 4.78 is 0. The second-order valence-corrected chi connectivity index (χ2v) is 4.05. The van der Waals surface area contributed by atoms with E-state index < -0.39 is 0 Å². The molecule has 12 heavy (non-hydrogen) atoms. The van der Waals surface area contributed by atoms with Crippen LogP contribution in [0.5, 0.6) is 0 Å². The average molecular weight is 171 g/mol. The quantitative estimate of drug-likeness (QED) is 0.659. The third-order valence-electron chi connectivity index (χ3n) is 3.05. The van der Waals surface area contributed by atoms with Gasteiger partial charge in [0, 0.05) is 5.54 Å². The molecule has 0 bridgehead atoms. The van der Waals surface area contributed by atoms with Gasteiger partial charge in [-0.1, -0.05) is 6.92 Å². The number of nitrogens with one attached hydrogen (secondary N) is 1. The van der Waals surface area contributed by atoms with Crippen molar-refractivity contribution in [3.8, 4) is 0 Å². The number of aliphatic hydroxyl groups excluding tert-OH is 1.